The maximum atomic E-state index is 12.6. The number of hydrogen-bond donors (Lipinski definition) is 3. The molecule has 6 nitrogen and oxygen atoms in total. The summed E-state index contributed by atoms with van der Waals surface area (Å²) < 4.78 is 27.4. The first kappa shape index (κ1) is 18.4. The highest BCUT2D eigenvalue weighted by molar-refractivity contribution is 7.92. The summed E-state index contributed by atoms with van der Waals surface area (Å²) >= 11 is 11.7. The number of rotatable bonds is 4. The van der Waals surface area contributed by atoms with Gasteiger partial charge in [-0.25, -0.2) is 13.2 Å². The van der Waals surface area contributed by atoms with Gasteiger partial charge in [-0.15, -0.1) is 0 Å². The van der Waals surface area contributed by atoms with Gasteiger partial charge in [-0.05, 0) is 43.2 Å². The van der Waals surface area contributed by atoms with E-state index in [-0.39, 0.29) is 31.9 Å². The molecule has 0 fully saturated rings. The fourth-order valence-electron chi connectivity index (χ4n) is 2.18. The Morgan fingerprint density at radius 3 is 2.17 bits per heavy atom. The van der Waals surface area contributed by atoms with E-state index in [9.17, 15) is 18.3 Å². The van der Waals surface area contributed by atoms with Crippen LogP contribution in [-0.2, 0) is 10.0 Å². The van der Waals surface area contributed by atoms with Crippen LogP contribution in [0, 0.1) is 13.8 Å². The number of benzene rings is 2. The largest absolute Gasteiger partial charge is 0.478 e. The third-order valence-corrected chi connectivity index (χ3v) is 5.26. The minimum Gasteiger partial charge on any atom is -0.478 e. The van der Waals surface area contributed by atoms with Gasteiger partial charge in [0.15, 0.2) is 0 Å². The summed E-state index contributed by atoms with van der Waals surface area (Å²) in [5.74, 6) is -1.24. The number of sulfonamides is 1. The quantitative estimate of drug-likeness (QED) is 0.691. The van der Waals surface area contributed by atoms with Crippen molar-refractivity contribution < 1.29 is 18.3 Å². The summed E-state index contributed by atoms with van der Waals surface area (Å²) in [7, 11) is -4.10. The fraction of sp³-hybridized carbons (Fsp3) is 0.133. The monoisotopic (exact) mass is 388 g/mol. The summed E-state index contributed by atoms with van der Waals surface area (Å²) in [5, 5.41) is 9.29. The van der Waals surface area contributed by atoms with E-state index < -0.39 is 16.0 Å². The van der Waals surface area contributed by atoms with Gasteiger partial charge < -0.3 is 10.8 Å². The number of nitrogens with two attached hydrogens (primary N) is 1. The van der Waals surface area contributed by atoms with E-state index in [4.69, 9.17) is 28.9 Å². The smallest absolute Gasteiger partial charge is 0.337 e. The average Bonchev–Trinajstić information content (AvgIpc) is 2.46. The van der Waals surface area contributed by atoms with Crippen LogP contribution in [0.3, 0.4) is 0 Å². The fourth-order valence-corrected chi connectivity index (χ4v) is 4.00. The van der Waals surface area contributed by atoms with E-state index in [1.54, 1.807) is 19.9 Å². The van der Waals surface area contributed by atoms with Crippen LogP contribution >= 0.6 is 23.2 Å². The highest BCUT2D eigenvalue weighted by Gasteiger charge is 2.22. The average molecular weight is 389 g/mol. The molecule has 0 saturated heterocycles. The molecule has 0 heterocycles. The molecule has 0 radical (unpaired) electrons. The Bertz CT molecular complexity index is 920. The summed E-state index contributed by atoms with van der Waals surface area (Å²) in [5.41, 5.74) is 6.67. The highest BCUT2D eigenvalue weighted by Crippen LogP contribution is 2.32. The van der Waals surface area contributed by atoms with Crippen LogP contribution < -0.4 is 10.5 Å². The molecule has 0 aromatic heterocycles. The van der Waals surface area contributed by atoms with E-state index in [2.05, 4.69) is 4.72 Å². The maximum Gasteiger partial charge on any atom is 0.337 e. The number of halogens is 2. The van der Waals surface area contributed by atoms with Gasteiger partial charge >= 0.3 is 5.97 Å². The molecule has 9 heteroatoms. The minimum atomic E-state index is -4.10. The first-order chi connectivity index (χ1) is 11.0. The number of anilines is 2. The molecule has 2 aromatic rings. The second-order valence-electron chi connectivity index (χ2n) is 5.22. The van der Waals surface area contributed by atoms with Crippen LogP contribution in [0.4, 0.5) is 11.4 Å². The van der Waals surface area contributed by atoms with E-state index in [0.717, 1.165) is 12.1 Å². The Morgan fingerprint density at radius 1 is 1.12 bits per heavy atom. The van der Waals surface area contributed by atoms with Crippen molar-refractivity contribution in [2.45, 2.75) is 18.7 Å². The first-order valence-electron chi connectivity index (χ1n) is 6.65. The Kier molecular flexibility index (Phi) is 4.98. The molecule has 0 saturated carbocycles. The van der Waals surface area contributed by atoms with Crippen molar-refractivity contribution in [1.82, 2.24) is 0 Å². The molecular weight excluding hydrogens is 375 g/mol. The third kappa shape index (κ3) is 3.58. The zero-order valence-corrected chi connectivity index (χ0v) is 15.1. The zero-order chi connectivity index (χ0) is 18.2. The molecule has 0 bridgehead atoms. The van der Waals surface area contributed by atoms with Crippen molar-refractivity contribution in [2.24, 2.45) is 0 Å². The Balaban J connectivity index is 2.57. The normalized spacial score (nSPS) is 11.3. The van der Waals surface area contributed by atoms with E-state index in [1.807, 2.05) is 0 Å². The third-order valence-electron chi connectivity index (χ3n) is 3.31. The van der Waals surface area contributed by atoms with Gasteiger partial charge in [0.1, 0.15) is 0 Å². The number of carbonyl (C=O) groups is 1. The molecule has 0 aliphatic rings. The molecule has 0 aliphatic carbocycles. The topological polar surface area (TPSA) is 109 Å². The Morgan fingerprint density at radius 2 is 1.67 bits per heavy atom. The van der Waals surface area contributed by atoms with Crippen LogP contribution in [0.25, 0.3) is 0 Å². The second kappa shape index (κ2) is 6.51. The molecule has 0 amide bonds. The van der Waals surface area contributed by atoms with Gasteiger partial charge in [-0.2, -0.15) is 0 Å². The molecule has 128 valence electrons. The SMILES string of the molecule is Cc1cc(C)c(NS(=O)(=O)c2cc(Cl)c(N)c(Cl)c2)c(C(=O)O)c1. The predicted molar refractivity (Wildman–Crippen MR) is 94.6 cm³/mol. The lowest BCUT2D eigenvalue weighted by Crippen LogP contribution is -2.17. The molecule has 0 atom stereocenters. The van der Waals surface area contributed by atoms with Gasteiger partial charge in [0.05, 0.1) is 31.9 Å². The van der Waals surface area contributed by atoms with E-state index in [0.29, 0.717) is 11.1 Å². The number of aromatic carboxylic acids is 1. The Labute approximate surface area is 149 Å². The lowest BCUT2D eigenvalue weighted by Gasteiger charge is -2.15. The van der Waals surface area contributed by atoms with Crippen molar-refractivity contribution in [1.29, 1.82) is 0 Å². The van der Waals surface area contributed by atoms with Gasteiger partial charge in [-0.1, -0.05) is 29.3 Å². The van der Waals surface area contributed by atoms with Gasteiger partial charge in [-0.3, -0.25) is 4.72 Å². The maximum absolute atomic E-state index is 12.6. The van der Waals surface area contributed by atoms with Crippen LogP contribution in [0.15, 0.2) is 29.2 Å². The van der Waals surface area contributed by atoms with E-state index >= 15 is 0 Å². The van der Waals surface area contributed by atoms with Gasteiger partial charge in [0.2, 0.25) is 0 Å². The summed E-state index contributed by atoms with van der Waals surface area (Å²) in [6.07, 6.45) is 0. The van der Waals surface area contributed by atoms with Crippen molar-refractivity contribution in [3.05, 3.63) is 51.0 Å². The Hall–Kier alpha value is -1.96. The molecule has 0 aliphatic heterocycles. The second-order valence-corrected chi connectivity index (χ2v) is 7.71. The predicted octanol–water partition coefficient (Wildman–Crippen LogP) is 3.69. The molecule has 24 heavy (non-hydrogen) atoms. The highest BCUT2D eigenvalue weighted by atomic mass is 35.5. The molecule has 0 spiro atoms. The van der Waals surface area contributed by atoms with Crippen LogP contribution in [0.1, 0.15) is 21.5 Å². The van der Waals surface area contributed by atoms with Gasteiger partial charge in [0.25, 0.3) is 10.0 Å². The minimum absolute atomic E-state index is 0.0121. The number of hydrogen-bond acceptors (Lipinski definition) is 4. The van der Waals surface area contributed by atoms with Crippen LogP contribution in [0.2, 0.25) is 10.0 Å². The molecule has 0 unspecified atom stereocenters. The molecule has 2 aromatic carbocycles. The summed E-state index contributed by atoms with van der Waals surface area (Å²) in [6, 6.07) is 5.35. The molecule has 4 N–H and O–H groups in total. The summed E-state index contributed by atoms with van der Waals surface area (Å²) in [6.45, 7) is 3.33. The number of carboxylic acids is 1. The van der Waals surface area contributed by atoms with Gasteiger partial charge in [0, 0.05) is 0 Å². The lowest BCUT2D eigenvalue weighted by molar-refractivity contribution is 0.0698. The van der Waals surface area contributed by atoms with Crippen molar-refractivity contribution >= 4 is 50.6 Å². The van der Waals surface area contributed by atoms with Crippen molar-refractivity contribution in [3.63, 3.8) is 0 Å². The van der Waals surface area contributed by atoms with Crippen LogP contribution in [0.5, 0.6) is 0 Å². The number of carboxylic acid groups (broad SMARTS) is 1. The number of aryl methyl sites for hydroxylation is 2. The van der Waals surface area contributed by atoms with Crippen molar-refractivity contribution in [2.75, 3.05) is 10.5 Å². The van der Waals surface area contributed by atoms with Crippen LogP contribution in [-0.4, -0.2) is 19.5 Å². The zero-order valence-electron chi connectivity index (χ0n) is 12.7. The molecular formula is C15H14Cl2N2O4S. The number of nitrogen functional groups attached to an aromatic ring is 1. The van der Waals surface area contributed by atoms with Crippen molar-refractivity contribution in [3.8, 4) is 0 Å². The van der Waals surface area contributed by atoms with E-state index in [1.165, 1.54) is 6.07 Å². The lowest BCUT2D eigenvalue weighted by atomic mass is 10.0. The first-order valence-corrected chi connectivity index (χ1v) is 8.88. The summed E-state index contributed by atoms with van der Waals surface area (Å²) in [4.78, 5) is 11.2. The number of nitrogens with one attached hydrogen (secondary N) is 1. The standard InChI is InChI=1S/C15H14Cl2N2O4S/c1-7-3-8(2)14(10(4-7)15(20)21)19-24(22,23)9-5-11(16)13(18)12(17)6-9/h3-6,19H,18H2,1-2H3,(H,20,21). The molecule has 2 rings (SSSR count).